The van der Waals surface area contributed by atoms with Crippen LogP contribution in [0.3, 0.4) is 0 Å². The number of aryl methyl sites for hydroxylation is 4. The minimum Gasteiger partial charge on any atom is -0.481 e. The number of amides is 4. The van der Waals surface area contributed by atoms with Gasteiger partial charge in [0.1, 0.15) is 0 Å². The number of nitrogens with zero attached hydrogens (tertiary/aromatic N) is 3. The van der Waals surface area contributed by atoms with Crippen molar-refractivity contribution in [3.8, 4) is 11.1 Å². The monoisotopic (exact) mass is 1130 g/mol. The third-order valence-electron chi connectivity index (χ3n) is 13.5. The number of unbranched alkanes of at least 4 members (excludes halogenated alkanes) is 9. The molecule has 0 fully saturated rings. The number of thiazole rings is 3. The van der Waals surface area contributed by atoms with Gasteiger partial charge in [-0.25, -0.2) is 15.0 Å². The van der Waals surface area contributed by atoms with E-state index in [1.807, 2.05) is 65.8 Å². The first kappa shape index (κ1) is 61.1. The molecule has 0 saturated heterocycles. The van der Waals surface area contributed by atoms with Crippen molar-refractivity contribution in [2.45, 2.75) is 144 Å². The van der Waals surface area contributed by atoms with Crippen LogP contribution in [-0.4, -0.2) is 80.4 Å². The van der Waals surface area contributed by atoms with E-state index in [1.54, 1.807) is 24.3 Å². The van der Waals surface area contributed by atoms with Crippen molar-refractivity contribution < 1.29 is 39.0 Å². The Morgan fingerprint density at radius 1 is 0.481 bits per heavy atom. The van der Waals surface area contributed by atoms with Crippen LogP contribution in [0.15, 0.2) is 48.5 Å². The lowest BCUT2D eigenvalue weighted by Crippen LogP contribution is -2.18. The highest BCUT2D eigenvalue weighted by molar-refractivity contribution is 7.17. The molecular weight excluding hydrogens is 1060 g/mol. The Bertz CT molecular complexity index is 3090. The Labute approximate surface area is 474 Å². The summed E-state index contributed by atoms with van der Waals surface area (Å²) < 4.78 is 0. The third kappa shape index (κ3) is 18.5. The molecule has 79 heavy (non-hydrogen) atoms. The highest BCUT2D eigenvalue weighted by Gasteiger charge is 2.23. The van der Waals surface area contributed by atoms with Gasteiger partial charge in [-0.1, -0.05) is 50.7 Å². The van der Waals surface area contributed by atoms with Crippen molar-refractivity contribution >= 4 is 102 Å². The molecule has 0 aliphatic heterocycles. The Balaban J connectivity index is 1.20. The van der Waals surface area contributed by atoms with E-state index in [1.165, 1.54) is 34.0 Å². The van der Waals surface area contributed by atoms with Crippen molar-refractivity contribution in [1.82, 2.24) is 15.0 Å². The van der Waals surface area contributed by atoms with Crippen LogP contribution in [-0.2, 0) is 20.8 Å². The van der Waals surface area contributed by atoms with Crippen LogP contribution in [0.2, 0.25) is 0 Å². The molecule has 422 valence electrons. The molecule has 3 aromatic carbocycles. The quantitative estimate of drug-likeness (QED) is 0.0178. The van der Waals surface area contributed by atoms with Crippen LogP contribution in [0.4, 0.5) is 32.5 Å². The van der Waals surface area contributed by atoms with Gasteiger partial charge < -0.3 is 31.9 Å². The fourth-order valence-electron chi connectivity index (χ4n) is 8.80. The smallest absolute Gasteiger partial charge is 0.303 e. The summed E-state index contributed by atoms with van der Waals surface area (Å²) in [7, 11) is 0. The molecule has 0 atom stereocenters. The van der Waals surface area contributed by atoms with E-state index in [-0.39, 0.29) is 30.2 Å². The molecule has 0 saturated carbocycles. The normalized spacial score (nSPS) is 11.1. The summed E-state index contributed by atoms with van der Waals surface area (Å²) in [5.41, 5.74) is 13.7. The number of aromatic nitrogens is 3. The summed E-state index contributed by atoms with van der Waals surface area (Å²) in [6.45, 7) is 13.2. The molecule has 0 radical (unpaired) electrons. The van der Waals surface area contributed by atoms with E-state index in [0.717, 1.165) is 87.9 Å². The Morgan fingerprint density at radius 2 is 0.975 bits per heavy atom. The van der Waals surface area contributed by atoms with Crippen LogP contribution >= 0.6 is 34.0 Å². The number of carboxylic acids is 2. The van der Waals surface area contributed by atoms with Crippen molar-refractivity contribution in [2.75, 3.05) is 51.5 Å². The fourth-order valence-corrected chi connectivity index (χ4v) is 11.6. The lowest BCUT2D eigenvalue weighted by atomic mass is 9.95. The first-order chi connectivity index (χ1) is 37.9. The van der Waals surface area contributed by atoms with Gasteiger partial charge in [0, 0.05) is 75.9 Å². The SMILES string of the molecule is Cc1nc(NC(=O)c2cc(-c3cc(NCCCCCC(=O)O)c(C)c(C(=O)Nc4nc(C)c(Cc5sc(NC(=O)c6cccc(NCCCCCCC(=O)O)c6C)nc5C)s4)c3)ccc2NC(=O)CCCCCCCN)sc1C. The highest BCUT2D eigenvalue weighted by atomic mass is 32.1. The van der Waals surface area contributed by atoms with Gasteiger partial charge in [0.2, 0.25) is 5.91 Å². The number of hydrogen-bond acceptors (Lipinski definition) is 15. The second-order valence-corrected chi connectivity index (χ2v) is 23.0. The topological polar surface area (TPSA) is 280 Å². The minimum atomic E-state index is -0.840. The minimum absolute atomic E-state index is 0.0839. The Kier molecular flexibility index (Phi) is 23.5. The molecule has 6 rings (SSSR count). The zero-order chi connectivity index (χ0) is 57.0. The molecule has 6 aromatic rings. The summed E-state index contributed by atoms with van der Waals surface area (Å²) in [5.74, 6) is -2.95. The Hall–Kier alpha value is -7.07. The Morgan fingerprint density at radius 3 is 1.57 bits per heavy atom. The van der Waals surface area contributed by atoms with Gasteiger partial charge in [0.25, 0.3) is 17.7 Å². The average molecular weight is 1140 g/mol. The number of benzene rings is 3. The second-order valence-electron chi connectivity index (χ2n) is 19.7. The molecule has 0 aliphatic rings. The number of hydrogen-bond donors (Lipinski definition) is 9. The molecule has 18 nitrogen and oxygen atoms in total. The molecule has 4 amide bonds. The molecule has 0 spiro atoms. The van der Waals surface area contributed by atoms with Crippen LogP contribution in [0.25, 0.3) is 11.1 Å². The predicted molar refractivity (Wildman–Crippen MR) is 319 cm³/mol. The largest absolute Gasteiger partial charge is 0.481 e. The van der Waals surface area contributed by atoms with Gasteiger partial charge in [-0.15, -0.1) is 34.0 Å². The highest BCUT2D eigenvalue weighted by Crippen LogP contribution is 2.35. The average Bonchev–Trinajstić information content (AvgIpc) is 4.10. The van der Waals surface area contributed by atoms with Crippen LogP contribution in [0.5, 0.6) is 0 Å². The third-order valence-corrected chi connectivity index (χ3v) is 16.7. The van der Waals surface area contributed by atoms with E-state index in [2.05, 4.69) is 41.9 Å². The molecular formula is C58H74N10O8S3. The lowest BCUT2D eigenvalue weighted by Gasteiger charge is -2.17. The molecule has 10 N–H and O–H groups in total. The molecule has 3 aromatic heterocycles. The first-order valence-electron chi connectivity index (χ1n) is 27.0. The number of carbonyl (C=O) groups excluding carboxylic acids is 4. The van der Waals surface area contributed by atoms with Crippen molar-refractivity contribution in [3.63, 3.8) is 0 Å². The second kappa shape index (κ2) is 30.3. The number of nitrogens with one attached hydrogen (secondary N) is 6. The maximum Gasteiger partial charge on any atom is 0.303 e. The summed E-state index contributed by atoms with van der Waals surface area (Å²) >= 11 is 4.09. The molecule has 0 aliphatic carbocycles. The van der Waals surface area contributed by atoms with Crippen LogP contribution in [0.1, 0.15) is 170 Å². The lowest BCUT2D eigenvalue weighted by molar-refractivity contribution is -0.138. The zero-order valence-electron chi connectivity index (χ0n) is 46.0. The summed E-state index contributed by atoms with van der Waals surface area (Å²) in [4.78, 5) is 94.2. The van der Waals surface area contributed by atoms with E-state index >= 15 is 0 Å². The van der Waals surface area contributed by atoms with Crippen molar-refractivity contribution in [3.05, 3.63) is 108 Å². The van der Waals surface area contributed by atoms with Gasteiger partial charge in [-0.2, -0.15) is 0 Å². The number of aliphatic carboxylic acids is 2. The molecule has 3 heterocycles. The summed E-state index contributed by atoms with van der Waals surface area (Å²) in [6.07, 6.45) is 10.8. The molecule has 0 unspecified atom stereocenters. The maximum atomic E-state index is 14.5. The number of carbonyl (C=O) groups is 6. The first-order valence-corrected chi connectivity index (χ1v) is 29.5. The number of carboxylic acid groups (broad SMARTS) is 2. The van der Waals surface area contributed by atoms with Gasteiger partial charge in [0.05, 0.1) is 28.3 Å². The van der Waals surface area contributed by atoms with Crippen molar-refractivity contribution in [1.29, 1.82) is 0 Å². The molecule has 21 heteroatoms. The summed E-state index contributed by atoms with van der Waals surface area (Å²) in [5, 5.41) is 38.1. The standard InChI is InChI=1S/C58H74N10O8S3/c1-34-42(20-19-21-45(34)60-28-17-11-9-14-23-51(70)71)53(74)66-57-63-37(4)48(78-57)33-49-38(5)64-58(79-49)67-54(75)43-31-41(32-47(35(43)2)61-29-18-12-15-24-52(72)73)40-25-26-46(65-50(69)22-13-8-7-10-16-27-59)44(30-40)55(76)68-56-62-36(3)39(6)77-56/h19-21,25-26,30-32,60-61H,7-18,22-24,27-29,33,59H2,1-6H3,(H,65,69)(H,70,71)(H,72,73)(H,62,68,76)(H,63,66,74)(H,64,67,75). The van der Waals surface area contributed by atoms with E-state index < -0.39 is 23.8 Å². The zero-order valence-corrected chi connectivity index (χ0v) is 48.5. The number of rotatable bonds is 32. The number of nitrogens with two attached hydrogens (primary N) is 1. The molecule has 0 bridgehead atoms. The van der Waals surface area contributed by atoms with Crippen LogP contribution in [0, 0.1) is 41.5 Å². The van der Waals surface area contributed by atoms with E-state index in [9.17, 15) is 28.8 Å². The number of anilines is 6. The van der Waals surface area contributed by atoms with Gasteiger partial charge >= 0.3 is 11.9 Å². The van der Waals surface area contributed by atoms with Crippen molar-refractivity contribution in [2.24, 2.45) is 5.73 Å². The summed E-state index contributed by atoms with van der Waals surface area (Å²) in [6, 6.07) is 14.5. The van der Waals surface area contributed by atoms with E-state index in [0.29, 0.717) is 119 Å². The van der Waals surface area contributed by atoms with Gasteiger partial charge in [-0.3, -0.25) is 44.7 Å². The predicted octanol–water partition coefficient (Wildman–Crippen LogP) is 12.7. The maximum absolute atomic E-state index is 14.5. The van der Waals surface area contributed by atoms with Gasteiger partial charge in [0.15, 0.2) is 15.4 Å². The van der Waals surface area contributed by atoms with E-state index in [4.69, 9.17) is 20.9 Å². The van der Waals surface area contributed by atoms with Gasteiger partial charge in [-0.05, 0) is 145 Å². The van der Waals surface area contributed by atoms with Crippen LogP contribution < -0.4 is 37.6 Å². The fraction of sp³-hybridized carbons (Fsp3) is 0.431.